The van der Waals surface area contributed by atoms with Crippen molar-refractivity contribution in [2.75, 3.05) is 19.4 Å². The molecule has 4 nitrogen and oxygen atoms in total. The number of rotatable bonds is 6. The van der Waals surface area contributed by atoms with Crippen LogP contribution in [0.1, 0.15) is 29.3 Å². The highest BCUT2D eigenvalue weighted by Gasteiger charge is 2.39. The van der Waals surface area contributed by atoms with Crippen LogP contribution in [-0.2, 0) is 11.4 Å². The van der Waals surface area contributed by atoms with Gasteiger partial charge in [0.25, 0.3) is 0 Å². The van der Waals surface area contributed by atoms with Gasteiger partial charge in [-0.05, 0) is 36.1 Å². The van der Waals surface area contributed by atoms with E-state index in [0.29, 0.717) is 18.3 Å². The number of methoxy groups -OCH3 is 1. The van der Waals surface area contributed by atoms with Gasteiger partial charge in [0.15, 0.2) is 11.5 Å². The van der Waals surface area contributed by atoms with E-state index in [2.05, 4.69) is 6.07 Å². The van der Waals surface area contributed by atoms with E-state index in [-0.39, 0.29) is 11.3 Å². The predicted molar refractivity (Wildman–Crippen MR) is 103 cm³/mol. The smallest absolute Gasteiger partial charge is 0.226 e. The molecule has 1 aliphatic carbocycles. The van der Waals surface area contributed by atoms with Crippen LogP contribution in [0.5, 0.6) is 11.5 Å². The Hall–Kier alpha value is -2.14. The third kappa shape index (κ3) is 3.68. The molecular formula is C21H23NO3S. The number of amides is 1. The minimum Gasteiger partial charge on any atom is -0.493 e. The lowest BCUT2D eigenvalue weighted by Crippen LogP contribution is -2.31. The molecule has 0 radical (unpaired) electrons. The lowest BCUT2D eigenvalue weighted by atomic mass is 10.1. The number of ether oxygens (including phenoxy) is 2. The average molecular weight is 369 g/mol. The van der Waals surface area contributed by atoms with E-state index in [1.54, 1.807) is 7.11 Å². The average Bonchev–Trinajstić information content (AvgIpc) is 3.43. The Balaban J connectivity index is 1.50. The standard InChI is InChI=1S/C21H23NO3S/c1-24-19-13-17(21-22(11-12-26-21)20(23)16-7-8-16)9-10-18(19)25-14-15-5-3-2-4-6-15/h2-6,9-10,13,16,21H,7-8,11-12,14H2,1H3. The molecule has 1 unspecified atom stereocenters. The van der Waals surface area contributed by atoms with Crippen molar-refractivity contribution in [2.24, 2.45) is 5.92 Å². The van der Waals surface area contributed by atoms with Gasteiger partial charge in [0.05, 0.1) is 7.11 Å². The Labute approximate surface area is 158 Å². The Morgan fingerprint density at radius 1 is 1.15 bits per heavy atom. The second-order valence-electron chi connectivity index (χ2n) is 6.71. The molecule has 2 aromatic rings. The van der Waals surface area contributed by atoms with Crippen molar-refractivity contribution in [2.45, 2.75) is 24.8 Å². The monoisotopic (exact) mass is 369 g/mol. The summed E-state index contributed by atoms with van der Waals surface area (Å²) in [7, 11) is 1.66. The van der Waals surface area contributed by atoms with Crippen molar-refractivity contribution < 1.29 is 14.3 Å². The van der Waals surface area contributed by atoms with Gasteiger partial charge in [-0.15, -0.1) is 11.8 Å². The second kappa shape index (κ2) is 7.62. The first-order chi connectivity index (χ1) is 12.8. The summed E-state index contributed by atoms with van der Waals surface area (Å²) in [6.45, 7) is 1.33. The predicted octanol–water partition coefficient (Wildman–Crippen LogP) is 4.26. The van der Waals surface area contributed by atoms with Crippen molar-refractivity contribution in [1.29, 1.82) is 0 Å². The third-order valence-electron chi connectivity index (χ3n) is 4.81. The highest BCUT2D eigenvalue weighted by molar-refractivity contribution is 7.99. The van der Waals surface area contributed by atoms with Crippen LogP contribution in [0, 0.1) is 5.92 Å². The first-order valence-electron chi connectivity index (χ1n) is 9.03. The summed E-state index contributed by atoms with van der Waals surface area (Å²) in [5, 5.41) is 0.0835. The minimum absolute atomic E-state index is 0.0835. The fourth-order valence-electron chi connectivity index (χ4n) is 3.23. The van der Waals surface area contributed by atoms with Crippen LogP contribution >= 0.6 is 11.8 Å². The zero-order valence-corrected chi connectivity index (χ0v) is 15.7. The first-order valence-corrected chi connectivity index (χ1v) is 10.1. The van der Waals surface area contributed by atoms with Gasteiger partial charge < -0.3 is 14.4 Å². The molecule has 1 saturated carbocycles. The largest absolute Gasteiger partial charge is 0.493 e. The minimum atomic E-state index is 0.0835. The van der Waals surface area contributed by atoms with Crippen molar-refractivity contribution in [3.05, 3.63) is 59.7 Å². The van der Waals surface area contributed by atoms with E-state index in [0.717, 1.165) is 42.0 Å². The van der Waals surface area contributed by atoms with Crippen LogP contribution in [0.25, 0.3) is 0 Å². The van der Waals surface area contributed by atoms with Gasteiger partial charge in [-0.2, -0.15) is 0 Å². The Kier molecular flexibility index (Phi) is 5.07. The Bertz CT molecular complexity index is 776. The van der Waals surface area contributed by atoms with E-state index in [1.807, 2.05) is 59.1 Å². The van der Waals surface area contributed by atoms with Gasteiger partial charge in [-0.1, -0.05) is 36.4 Å². The number of carbonyl (C=O) groups is 1. The number of hydrogen-bond donors (Lipinski definition) is 0. The molecule has 4 rings (SSSR count). The van der Waals surface area contributed by atoms with E-state index in [9.17, 15) is 4.79 Å². The van der Waals surface area contributed by atoms with Crippen molar-refractivity contribution >= 4 is 17.7 Å². The summed E-state index contributed by atoms with van der Waals surface area (Å²) in [6.07, 6.45) is 2.09. The zero-order valence-electron chi connectivity index (χ0n) is 14.9. The topological polar surface area (TPSA) is 38.8 Å². The van der Waals surface area contributed by atoms with E-state index < -0.39 is 0 Å². The maximum absolute atomic E-state index is 12.5. The van der Waals surface area contributed by atoms with Crippen LogP contribution < -0.4 is 9.47 Å². The van der Waals surface area contributed by atoms with Crippen LogP contribution in [0.3, 0.4) is 0 Å². The lowest BCUT2D eigenvalue weighted by Gasteiger charge is -2.25. The van der Waals surface area contributed by atoms with Gasteiger partial charge in [-0.3, -0.25) is 4.79 Å². The molecule has 2 aliphatic rings. The fourth-order valence-corrected chi connectivity index (χ4v) is 4.48. The molecule has 5 heteroatoms. The van der Waals surface area contributed by atoms with Crippen LogP contribution in [-0.4, -0.2) is 30.2 Å². The van der Waals surface area contributed by atoms with Crippen molar-refractivity contribution in [1.82, 2.24) is 4.90 Å². The molecule has 2 fully saturated rings. The third-order valence-corrected chi connectivity index (χ3v) is 6.07. The molecule has 1 heterocycles. The summed E-state index contributed by atoms with van der Waals surface area (Å²) in [4.78, 5) is 14.6. The molecule has 1 amide bonds. The lowest BCUT2D eigenvalue weighted by molar-refractivity contribution is -0.132. The summed E-state index contributed by atoms with van der Waals surface area (Å²) in [5.41, 5.74) is 2.22. The zero-order chi connectivity index (χ0) is 17.9. The molecule has 0 N–H and O–H groups in total. The van der Waals surface area contributed by atoms with Gasteiger partial charge in [0.1, 0.15) is 12.0 Å². The molecule has 0 spiro atoms. The van der Waals surface area contributed by atoms with E-state index in [4.69, 9.17) is 9.47 Å². The summed E-state index contributed by atoms with van der Waals surface area (Å²) in [5.74, 6) is 2.99. The summed E-state index contributed by atoms with van der Waals surface area (Å²) >= 11 is 1.82. The maximum atomic E-state index is 12.5. The van der Waals surface area contributed by atoms with Crippen LogP contribution in [0.15, 0.2) is 48.5 Å². The van der Waals surface area contributed by atoms with E-state index >= 15 is 0 Å². The Morgan fingerprint density at radius 3 is 2.69 bits per heavy atom. The molecule has 2 aromatic carbocycles. The maximum Gasteiger partial charge on any atom is 0.226 e. The highest BCUT2D eigenvalue weighted by atomic mass is 32.2. The number of thioether (sulfide) groups is 1. The second-order valence-corrected chi connectivity index (χ2v) is 7.90. The molecule has 26 heavy (non-hydrogen) atoms. The van der Waals surface area contributed by atoms with Gasteiger partial charge in [-0.25, -0.2) is 0 Å². The molecule has 0 bridgehead atoms. The van der Waals surface area contributed by atoms with Crippen molar-refractivity contribution in [3.63, 3.8) is 0 Å². The van der Waals surface area contributed by atoms with Crippen LogP contribution in [0.4, 0.5) is 0 Å². The molecule has 136 valence electrons. The number of carbonyl (C=O) groups excluding carboxylic acids is 1. The van der Waals surface area contributed by atoms with Crippen molar-refractivity contribution in [3.8, 4) is 11.5 Å². The highest BCUT2D eigenvalue weighted by Crippen LogP contribution is 2.44. The molecular weight excluding hydrogens is 346 g/mol. The number of hydrogen-bond acceptors (Lipinski definition) is 4. The quantitative estimate of drug-likeness (QED) is 0.763. The first kappa shape index (κ1) is 17.3. The fraction of sp³-hybridized carbons (Fsp3) is 0.381. The summed E-state index contributed by atoms with van der Waals surface area (Å²) < 4.78 is 11.5. The van der Waals surface area contributed by atoms with Crippen LogP contribution in [0.2, 0.25) is 0 Å². The van der Waals surface area contributed by atoms with Gasteiger partial charge in [0, 0.05) is 18.2 Å². The SMILES string of the molecule is COc1cc(C2SCCN2C(=O)C2CC2)ccc1OCc1ccccc1. The molecule has 1 atom stereocenters. The summed E-state index contributed by atoms with van der Waals surface area (Å²) in [6, 6.07) is 16.1. The molecule has 1 saturated heterocycles. The normalized spacial score (nSPS) is 19.4. The Morgan fingerprint density at radius 2 is 1.96 bits per heavy atom. The van der Waals surface area contributed by atoms with Gasteiger partial charge in [0.2, 0.25) is 5.91 Å². The van der Waals surface area contributed by atoms with Gasteiger partial charge >= 0.3 is 0 Å². The number of benzene rings is 2. The number of nitrogens with zero attached hydrogens (tertiary/aromatic N) is 1. The molecule has 1 aliphatic heterocycles. The van der Waals surface area contributed by atoms with E-state index in [1.165, 1.54) is 0 Å². The molecule has 0 aromatic heterocycles.